The summed E-state index contributed by atoms with van der Waals surface area (Å²) in [6.45, 7) is 0.273. The molecule has 0 aliphatic carbocycles. The Hall–Kier alpha value is -2.73. The van der Waals surface area contributed by atoms with Crippen LogP contribution in [0.4, 0.5) is 0 Å². The highest BCUT2D eigenvalue weighted by atomic mass is 35.5. The van der Waals surface area contributed by atoms with Crippen LogP contribution < -0.4 is 15.2 Å². The lowest BCUT2D eigenvalue weighted by molar-refractivity contribution is 0.0697. The average Bonchev–Trinajstić information content (AvgIpc) is 2.52. The fourth-order valence-corrected chi connectivity index (χ4v) is 1.86. The van der Waals surface area contributed by atoms with Gasteiger partial charge in [-0.1, -0.05) is 12.1 Å². The summed E-state index contributed by atoms with van der Waals surface area (Å²) >= 11 is 0. The molecule has 0 aliphatic rings. The molecule has 0 unspecified atom stereocenters. The second-order valence-corrected chi connectivity index (χ2v) is 4.57. The fraction of sp³-hybridized carbons (Fsp3) is 0.125. The summed E-state index contributed by atoms with van der Waals surface area (Å²) in [5.74, 6) is -0.00673. The Morgan fingerprint density at radius 2 is 1.74 bits per heavy atom. The highest BCUT2D eigenvalue weighted by molar-refractivity contribution is 5.95. The van der Waals surface area contributed by atoms with Crippen LogP contribution in [0.15, 0.2) is 42.5 Å². The van der Waals surface area contributed by atoms with Crippen molar-refractivity contribution in [3.63, 3.8) is 0 Å². The molecular weight excluding hydrogens is 320 g/mol. The van der Waals surface area contributed by atoms with E-state index in [0.717, 1.165) is 5.56 Å². The normalized spacial score (nSPS) is 9.61. The third kappa shape index (κ3) is 4.62. The van der Waals surface area contributed by atoms with Gasteiger partial charge >= 0.3 is 5.97 Å². The lowest BCUT2D eigenvalue weighted by atomic mass is 10.1. The quantitative estimate of drug-likeness (QED) is 0.555. The van der Waals surface area contributed by atoms with Gasteiger partial charge < -0.3 is 20.3 Å². The minimum absolute atomic E-state index is 0. The summed E-state index contributed by atoms with van der Waals surface area (Å²) in [7, 11) is 1.51. The Kier molecular flexibility index (Phi) is 6.41. The molecule has 0 heterocycles. The maximum atomic E-state index is 10.8. The molecule has 0 amide bonds. The molecule has 0 fully saturated rings. The predicted octanol–water partition coefficient (Wildman–Crippen LogP) is 2.68. The second kappa shape index (κ2) is 8.05. The second-order valence-electron chi connectivity index (χ2n) is 4.57. The Morgan fingerprint density at radius 1 is 1.13 bits per heavy atom. The number of halogens is 1. The summed E-state index contributed by atoms with van der Waals surface area (Å²) in [6.07, 6.45) is 0. The minimum Gasteiger partial charge on any atom is -0.493 e. The highest BCUT2D eigenvalue weighted by Gasteiger charge is 2.08. The molecule has 7 heteroatoms. The third-order valence-corrected chi connectivity index (χ3v) is 3.07. The standard InChI is InChI=1S/C16H16N2O4.ClH/c1-21-14-8-12(15(17)18)6-7-13(14)22-9-10-2-4-11(5-3-10)16(19)20;/h2-8H,9H2,1H3,(H3,17,18)(H,19,20);1H. The number of hydrogen-bond acceptors (Lipinski definition) is 4. The van der Waals surface area contributed by atoms with Crippen molar-refractivity contribution < 1.29 is 19.4 Å². The number of ether oxygens (including phenoxy) is 2. The van der Waals surface area contributed by atoms with Gasteiger partial charge in [0, 0.05) is 5.56 Å². The van der Waals surface area contributed by atoms with Crippen LogP contribution in [-0.4, -0.2) is 24.0 Å². The minimum atomic E-state index is -0.964. The van der Waals surface area contributed by atoms with Crippen LogP contribution >= 0.6 is 12.4 Å². The largest absolute Gasteiger partial charge is 0.493 e. The molecule has 2 rings (SSSR count). The first kappa shape index (κ1) is 18.3. The summed E-state index contributed by atoms with van der Waals surface area (Å²) in [4.78, 5) is 10.8. The number of methoxy groups -OCH3 is 1. The predicted molar refractivity (Wildman–Crippen MR) is 89.0 cm³/mol. The number of aromatic carboxylic acids is 1. The molecule has 0 saturated carbocycles. The van der Waals surface area contributed by atoms with Crippen molar-refractivity contribution in [2.45, 2.75) is 6.61 Å². The van der Waals surface area contributed by atoms with E-state index >= 15 is 0 Å². The van der Waals surface area contributed by atoms with E-state index in [1.807, 2.05) is 0 Å². The first-order chi connectivity index (χ1) is 10.5. The molecule has 4 N–H and O–H groups in total. The van der Waals surface area contributed by atoms with Crippen LogP contribution in [0.5, 0.6) is 11.5 Å². The highest BCUT2D eigenvalue weighted by Crippen LogP contribution is 2.28. The van der Waals surface area contributed by atoms with Crippen molar-refractivity contribution >= 4 is 24.2 Å². The number of rotatable bonds is 6. The van der Waals surface area contributed by atoms with Crippen LogP contribution in [0, 0.1) is 5.41 Å². The molecule has 122 valence electrons. The summed E-state index contributed by atoms with van der Waals surface area (Å²) in [5, 5.41) is 16.2. The molecular formula is C16H17ClN2O4. The third-order valence-electron chi connectivity index (χ3n) is 3.07. The molecule has 23 heavy (non-hydrogen) atoms. The fourth-order valence-electron chi connectivity index (χ4n) is 1.86. The number of carbonyl (C=O) groups is 1. The van der Waals surface area contributed by atoms with E-state index in [1.165, 1.54) is 19.2 Å². The zero-order valence-corrected chi connectivity index (χ0v) is 13.2. The Bertz CT molecular complexity index is 702. The maximum Gasteiger partial charge on any atom is 0.335 e. The van der Waals surface area contributed by atoms with Gasteiger partial charge in [-0.15, -0.1) is 12.4 Å². The maximum absolute atomic E-state index is 10.8. The molecule has 0 radical (unpaired) electrons. The number of hydrogen-bond donors (Lipinski definition) is 3. The van der Waals surface area contributed by atoms with Gasteiger partial charge in [0.05, 0.1) is 12.7 Å². The van der Waals surface area contributed by atoms with E-state index in [4.69, 9.17) is 25.7 Å². The number of nitrogens with one attached hydrogen (secondary N) is 1. The zero-order valence-electron chi connectivity index (χ0n) is 12.4. The first-order valence-electron chi connectivity index (χ1n) is 6.48. The van der Waals surface area contributed by atoms with Crippen LogP contribution in [-0.2, 0) is 6.61 Å². The average molecular weight is 337 g/mol. The monoisotopic (exact) mass is 336 g/mol. The Morgan fingerprint density at radius 3 is 2.26 bits per heavy atom. The smallest absolute Gasteiger partial charge is 0.335 e. The van der Waals surface area contributed by atoms with Crippen LogP contribution in [0.3, 0.4) is 0 Å². The van der Waals surface area contributed by atoms with E-state index < -0.39 is 5.97 Å². The molecule has 0 aliphatic heterocycles. The van der Waals surface area contributed by atoms with E-state index in [-0.39, 0.29) is 30.4 Å². The van der Waals surface area contributed by atoms with Gasteiger partial charge in [-0.25, -0.2) is 4.79 Å². The molecule has 0 saturated heterocycles. The van der Waals surface area contributed by atoms with Gasteiger partial charge in [0.15, 0.2) is 11.5 Å². The van der Waals surface area contributed by atoms with Crippen molar-refractivity contribution in [1.29, 1.82) is 5.41 Å². The molecule has 0 bridgehead atoms. The summed E-state index contributed by atoms with van der Waals surface area (Å²) < 4.78 is 10.9. The number of carboxylic acid groups (broad SMARTS) is 1. The van der Waals surface area contributed by atoms with Crippen molar-refractivity contribution in [1.82, 2.24) is 0 Å². The van der Waals surface area contributed by atoms with E-state index in [9.17, 15) is 4.79 Å². The lowest BCUT2D eigenvalue weighted by Gasteiger charge is -2.12. The summed E-state index contributed by atoms with van der Waals surface area (Å²) in [5.41, 5.74) is 7.05. The molecule has 6 nitrogen and oxygen atoms in total. The van der Waals surface area contributed by atoms with Crippen molar-refractivity contribution in [3.05, 3.63) is 59.2 Å². The molecule has 2 aromatic carbocycles. The van der Waals surface area contributed by atoms with Crippen molar-refractivity contribution in [3.8, 4) is 11.5 Å². The van der Waals surface area contributed by atoms with Gasteiger partial charge in [-0.05, 0) is 35.9 Å². The topological polar surface area (TPSA) is 106 Å². The van der Waals surface area contributed by atoms with Gasteiger partial charge in [-0.3, -0.25) is 5.41 Å². The number of nitrogens with two attached hydrogens (primary N) is 1. The molecule has 2 aromatic rings. The van der Waals surface area contributed by atoms with E-state index in [2.05, 4.69) is 0 Å². The Labute approximate surface area is 139 Å². The molecule has 0 spiro atoms. The van der Waals surface area contributed by atoms with Gasteiger partial charge in [0.1, 0.15) is 12.4 Å². The number of benzene rings is 2. The van der Waals surface area contributed by atoms with Gasteiger partial charge in [0.2, 0.25) is 0 Å². The number of amidine groups is 1. The molecule has 0 atom stereocenters. The van der Waals surface area contributed by atoms with E-state index in [1.54, 1.807) is 30.3 Å². The van der Waals surface area contributed by atoms with Crippen molar-refractivity contribution in [2.24, 2.45) is 5.73 Å². The van der Waals surface area contributed by atoms with Crippen LogP contribution in [0.25, 0.3) is 0 Å². The van der Waals surface area contributed by atoms with Gasteiger partial charge in [0.25, 0.3) is 0 Å². The van der Waals surface area contributed by atoms with Crippen LogP contribution in [0.1, 0.15) is 21.5 Å². The van der Waals surface area contributed by atoms with E-state index in [0.29, 0.717) is 17.1 Å². The molecule has 0 aromatic heterocycles. The van der Waals surface area contributed by atoms with Crippen LogP contribution in [0.2, 0.25) is 0 Å². The number of carboxylic acids is 1. The Balaban J connectivity index is 0.00000264. The summed E-state index contributed by atoms with van der Waals surface area (Å²) in [6, 6.07) is 11.4. The van der Waals surface area contributed by atoms with Crippen molar-refractivity contribution in [2.75, 3.05) is 7.11 Å². The zero-order chi connectivity index (χ0) is 16.1. The number of nitrogen functional groups attached to an aromatic ring is 1. The first-order valence-corrected chi connectivity index (χ1v) is 6.48. The SMILES string of the molecule is COc1cc(C(=N)N)ccc1OCc1ccc(C(=O)O)cc1.Cl. The van der Waals surface area contributed by atoms with Gasteiger partial charge in [-0.2, -0.15) is 0 Å². The lowest BCUT2D eigenvalue weighted by Crippen LogP contribution is -2.11.